The lowest BCUT2D eigenvalue weighted by Crippen LogP contribution is -2.21. The summed E-state index contributed by atoms with van der Waals surface area (Å²) >= 11 is 0. The summed E-state index contributed by atoms with van der Waals surface area (Å²) in [5, 5.41) is 0. The number of ether oxygens (including phenoxy) is 1. The van der Waals surface area contributed by atoms with E-state index in [1.807, 2.05) is 0 Å². The first kappa shape index (κ1) is 20.3. The highest BCUT2D eigenvalue weighted by atomic mass is 16.5. The Labute approximate surface area is 156 Å². The minimum Gasteiger partial charge on any atom is -0.493 e. The van der Waals surface area contributed by atoms with Gasteiger partial charge in [-0.05, 0) is 54.1 Å². The molecule has 1 nitrogen and oxygen atoms in total. The lowest BCUT2D eigenvalue weighted by atomic mass is 9.76. The van der Waals surface area contributed by atoms with Crippen LogP contribution in [0.2, 0.25) is 0 Å². The van der Waals surface area contributed by atoms with E-state index in [-0.39, 0.29) is 10.8 Å². The molecule has 0 N–H and O–H groups in total. The molecule has 25 heavy (non-hydrogen) atoms. The Balaban J connectivity index is 2.09. The molecule has 0 unspecified atom stereocenters. The van der Waals surface area contributed by atoms with Crippen LogP contribution in [0.5, 0.6) is 5.75 Å². The molecule has 0 aliphatic heterocycles. The second-order valence-corrected chi connectivity index (χ2v) is 9.10. The summed E-state index contributed by atoms with van der Waals surface area (Å²) in [6.07, 6.45) is 11.4. The van der Waals surface area contributed by atoms with E-state index < -0.39 is 0 Å². The molecule has 1 radical (unpaired) electrons. The van der Waals surface area contributed by atoms with Gasteiger partial charge in [0.25, 0.3) is 0 Å². The molecule has 0 aromatic heterocycles. The van der Waals surface area contributed by atoms with Crippen LogP contribution in [0.1, 0.15) is 97.6 Å². The third kappa shape index (κ3) is 5.25. The van der Waals surface area contributed by atoms with Crippen molar-refractivity contribution in [2.45, 2.75) is 97.3 Å². The fourth-order valence-corrected chi connectivity index (χ4v) is 3.67. The Kier molecular flexibility index (Phi) is 7.00. The predicted octanol–water partition coefficient (Wildman–Crippen LogP) is 7.23. The molecular weight excluding hydrogens is 304 g/mol. The third-order valence-electron chi connectivity index (χ3n) is 6.53. The Morgan fingerprint density at radius 3 is 2.24 bits per heavy atom. The maximum atomic E-state index is 6.26. The van der Waals surface area contributed by atoms with Crippen LogP contribution in [0, 0.1) is 12.3 Å². The number of hydrogen-bond acceptors (Lipinski definition) is 1. The zero-order valence-electron chi connectivity index (χ0n) is 17.5. The Hall–Kier alpha value is -0.980. The van der Waals surface area contributed by atoms with Crippen molar-refractivity contribution < 1.29 is 4.74 Å². The van der Waals surface area contributed by atoms with E-state index in [1.165, 1.54) is 36.8 Å². The number of rotatable bonds is 9. The van der Waals surface area contributed by atoms with Crippen LogP contribution in [0.25, 0.3) is 0 Å². The maximum Gasteiger partial charge on any atom is 0.123 e. The molecule has 0 spiro atoms. The first-order chi connectivity index (χ1) is 11.8. The largest absolute Gasteiger partial charge is 0.493 e. The van der Waals surface area contributed by atoms with Crippen molar-refractivity contribution >= 4 is 0 Å². The van der Waals surface area contributed by atoms with Crippen molar-refractivity contribution in [1.82, 2.24) is 0 Å². The van der Waals surface area contributed by atoms with E-state index in [9.17, 15) is 0 Å². The quantitative estimate of drug-likeness (QED) is 0.430. The van der Waals surface area contributed by atoms with E-state index in [0.717, 1.165) is 37.5 Å². The minimum absolute atomic E-state index is 0.143. The van der Waals surface area contributed by atoms with E-state index in [0.29, 0.717) is 0 Å². The van der Waals surface area contributed by atoms with Crippen molar-refractivity contribution in [2.24, 2.45) is 5.92 Å². The van der Waals surface area contributed by atoms with Gasteiger partial charge in [0.05, 0.1) is 6.61 Å². The van der Waals surface area contributed by atoms with Gasteiger partial charge in [-0.1, -0.05) is 79.4 Å². The molecule has 1 aliphatic carbocycles. The van der Waals surface area contributed by atoms with Gasteiger partial charge < -0.3 is 4.74 Å². The highest BCUT2D eigenvalue weighted by molar-refractivity contribution is 5.44. The molecule has 1 aliphatic rings. The molecule has 0 heterocycles. The summed E-state index contributed by atoms with van der Waals surface area (Å²) in [6.45, 7) is 14.7. The van der Waals surface area contributed by atoms with Gasteiger partial charge >= 0.3 is 0 Å². The van der Waals surface area contributed by atoms with Gasteiger partial charge in [0.2, 0.25) is 0 Å². The average Bonchev–Trinajstić information content (AvgIpc) is 3.12. The molecule has 1 aromatic carbocycles. The van der Waals surface area contributed by atoms with Gasteiger partial charge in [-0.25, -0.2) is 0 Å². The summed E-state index contributed by atoms with van der Waals surface area (Å²) in [6, 6.07) is 6.90. The third-order valence-corrected chi connectivity index (χ3v) is 6.53. The lowest BCUT2D eigenvalue weighted by molar-refractivity contribution is 0.303. The van der Waals surface area contributed by atoms with Crippen molar-refractivity contribution in [2.75, 3.05) is 6.61 Å². The molecular formula is C24H39O. The van der Waals surface area contributed by atoms with Gasteiger partial charge in [-0.3, -0.25) is 0 Å². The van der Waals surface area contributed by atoms with Crippen LogP contribution in [0.4, 0.5) is 0 Å². The van der Waals surface area contributed by atoms with Gasteiger partial charge in [-0.15, -0.1) is 0 Å². The molecule has 0 amide bonds. The molecule has 0 atom stereocenters. The fraction of sp³-hybridized carbons (Fsp3) is 0.708. The molecule has 1 fully saturated rings. The lowest BCUT2D eigenvalue weighted by Gasteiger charge is -2.30. The highest BCUT2D eigenvalue weighted by Gasteiger charge is 2.26. The zero-order valence-corrected chi connectivity index (χ0v) is 17.5. The van der Waals surface area contributed by atoms with Crippen molar-refractivity contribution in [3.63, 3.8) is 0 Å². The first-order valence-electron chi connectivity index (χ1n) is 10.4. The van der Waals surface area contributed by atoms with Crippen LogP contribution < -0.4 is 4.74 Å². The first-order valence-corrected chi connectivity index (χ1v) is 10.4. The van der Waals surface area contributed by atoms with Gasteiger partial charge in [-0.2, -0.15) is 0 Å². The van der Waals surface area contributed by atoms with Crippen LogP contribution in [-0.4, -0.2) is 6.61 Å². The van der Waals surface area contributed by atoms with E-state index in [4.69, 9.17) is 4.74 Å². The van der Waals surface area contributed by atoms with Gasteiger partial charge in [0.15, 0.2) is 0 Å². The number of hydrogen-bond donors (Lipinski definition) is 0. The number of benzene rings is 1. The summed E-state index contributed by atoms with van der Waals surface area (Å²) in [5.74, 6) is 1.92. The molecule has 1 saturated carbocycles. The van der Waals surface area contributed by atoms with Crippen LogP contribution in [-0.2, 0) is 10.8 Å². The van der Waals surface area contributed by atoms with E-state index in [1.54, 1.807) is 0 Å². The van der Waals surface area contributed by atoms with E-state index in [2.05, 4.69) is 66.2 Å². The smallest absolute Gasteiger partial charge is 0.123 e. The maximum absolute atomic E-state index is 6.26. The van der Waals surface area contributed by atoms with E-state index >= 15 is 0 Å². The summed E-state index contributed by atoms with van der Waals surface area (Å²) in [4.78, 5) is 0. The summed E-state index contributed by atoms with van der Waals surface area (Å²) in [5.41, 5.74) is 3.16. The summed E-state index contributed by atoms with van der Waals surface area (Å²) < 4.78 is 6.26. The molecule has 0 saturated heterocycles. The molecule has 2 rings (SSSR count). The van der Waals surface area contributed by atoms with Crippen molar-refractivity contribution in [3.8, 4) is 5.75 Å². The Morgan fingerprint density at radius 2 is 1.64 bits per heavy atom. The molecule has 1 aromatic rings. The van der Waals surface area contributed by atoms with Gasteiger partial charge in [0, 0.05) is 5.56 Å². The van der Waals surface area contributed by atoms with Crippen LogP contribution >= 0.6 is 0 Å². The normalized spacial score (nSPS) is 16.4. The Morgan fingerprint density at radius 1 is 1.00 bits per heavy atom. The molecule has 141 valence electrons. The SMILES string of the molecule is CCC(C)(C)c1ccc(OCC[CH]C2CCCC2)c(C(C)(C)CC)c1. The highest BCUT2D eigenvalue weighted by Crippen LogP contribution is 2.38. The van der Waals surface area contributed by atoms with Crippen LogP contribution in [0.15, 0.2) is 18.2 Å². The minimum atomic E-state index is 0.143. The zero-order chi connectivity index (χ0) is 18.5. The standard InChI is InChI=1S/C24H39O/c1-7-23(3,4)20-15-16-22(21(18-20)24(5,6)8-2)25-17-11-14-19-12-9-10-13-19/h14-16,18-19H,7-13,17H2,1-6H3. The van der Waals surface area contributed by atoms with Crippen molar-refractivity contribution in [1.29, 1.82) is 0 Å². The van der Waals surface area contributed by atoms with Crippen LogP contribution in [0.3, 0.4) is 0 Å². The second kappa shape index (κ2) is 8.60. The molecule has 1 heteroatoms. The Bertz CT molecular complexity index is 535. The predicted molar refractivity (Wildman–Crippen MR) is 109 cm³/mol. The summed E-state index contributed by atoms with van der Waals surface area (Å²) in [7, 11) is 0. The molecule has 0 bridgehead atoms. The topological polar surface area (TPSA) is 9.23 Å². The average molecular weight is 344 g/mol. The fourth-order valence-electron chi connectivity index (χ4n) is 3.67. The van der Waals surface area contributed by atoms with Crippen molar-refractivity contribution in [3.05, 3.63) is 35.7 Å². The monoisotopic (exact) mass is 343 g/mol. The van der Waals surface area contributed by atoms with Gasteiger partial charge in [0.1, 0.15) is 5.75 Å². The second-order valence-electron chi connectivity index (χ2n) is 9.10.